The molecule has 18 heavy (non-hydrogen) atoms. The topological polar surface area (TPSA) is 38.3 Å². The smallest absolute Gasteiger partial charge is 0.220 e. The lowest BCUT2D eigenvalue weighted by Crippen LogP contribution is -2.23. The highest BCUT2D eigenvalue weighted by Crippen LogP contribution is 2.27. The van der Waals surface area contributed by atoms with Crippen molar-refractivity contribution in [1.82, 2.24) is 5.32 Å². The molecular weight excluding hydrogens is 318 g/mol. The molecule has 0 bridgehead atoms. The number of rotatable bonds is 6. The van der Waals surface area contributed by atoms with E-state index in [0.717, 1.165) is 4.47 Å². The monoisotopic (exact) mass is 329 g/mol. The van der Waals surface area contributed by atoms with Gasteiger partial charge in [0.25, 0.3) is 0 Å². The van der Waals surface area contributed by atoms with Gasteiger partial charge in [-0.05, 0) is 24.6 Å². The second kappa shape index (κ2) is 8.02. The molecule has 0 saturated carbocycles. The van der Waals surface area contributed by atoms with E-state index in [4.69, 9.17) is 22.8 Å². The highest BCUT2D eigenvalue weighted by atomic mass is 79.9. The predicted molar refractivity (Wildman–Crippen MR) is 75.7 cm³/mol. The molecule has 5 heteroatoms. The molecule has 0 radical (unpaired) electrons. The van der Waals surface area contributed by atoms with Crippen LogP contribution in [-0.2, 0) is 4.79 Å². The minimum absolute atomic E-state index is 0.0709. The minimum atomic E-state index is -0.0709. The van der Waals surface area contributed by atoms with Crippen molar-refractivity contribution >= 4 is 33.4 Å². The van der Waals surface area contributed by atoms with E-state index in [0.29, 0.717) is 30.2 Å². The van der Waals surface area contributed by atoms with Crippen LogP contribution in [0.3, 0.4) is 0 Å². The molecule has 1 aromatic rings. The lowest BCUT2D eigenvalue weighted by atomic mass is 10.3. The fourth-order valence-corrected chi connectivity index (χ4v) is 1.97. The highest BCUT2D eigenvalue weighted by molar-refractivity contribution is 9.10. The average Bonchev–Trinajstić information content (AvgIpc) is 2.34. The minimum Gasteiger partial charge on any atom is -0.492 e. The number of amides is 1. The average molecular weight is 331 g/mol. The number of halogens is 2. The van der Waals surface area contributed by atoms with Gasteiger partial charge in [0.1, 0.15) is 5.75 Å². The number of ether oxygens (including phenoxy) is 1. The molecule has 0 aliphatic rings. The molecule has 0 aliphatic heterocycles. The summed E-state index contributed by atoms with van der Waals surface area (Å²) >= 11 is 9.30. The van der Waals surface area contributed by atoms with Gasteiger partial charge in [-0.3, -0.25) is 4.79 Å². The number of benzene rings is 1. The summed E-state index contributed by atoms with van der Waals surface area (Å²) in [5.41, 5.74) is 0. The Kier molecular flexibility index (Phi) is 6.63. The third-order valence-electron chi connectivity index (χ3n) is 2.09. The van der Waals surface area contributed by atoms with Gasteiger partial charge < -0.3 is 10.1 Å². The Morgan fingerprint density at radius 3 is 3.00 bits per heavy atom. The molecule has 1 rings (SSSR count). The fraction of sp³-hybridized carbons (Fsp3) is 0.308. The molecule has 1 amide bonds. The summed E-state index contributed by atoms with van der Waals surface area (Å²) < 4.78 is 6.37. The number of terminal acetylenes is 1. The third kappa shape index (κ3) is 5.44. The molecular formula is C13H13BrClNO2. The van der Waals surface area contributed by atoms with Crippen LogP contribution in [0.2, 0.25) is 5.02 Å². The van der Waals surface area contributed by atoms with Gasteiger partial charge in [-0.2, -0.15) is 0 Å². The fourth-order valence-electron chi connectivity index (χ4n) is 1.25. The summed E-state index contributed by atoms with van der Waals surface area (Å²) in [5, 5.41) is 3.13. The second-order valence-electron chi connectivity index (χ2n) is 3.51. The van der Waals surface area contributed by atoms with Crippen molar-refractivity contribution in [1.29, 1.82) is 0 Å². The third-order valence-corrected chi connectivity index (χ3v) is 2.88. The zero-order valence-corrected chi connectivity index (χ0v) is 12.1. The molecule has 96 valence electrons. The van der Waals surface area contributed by atoms with Crippen LogP contribution in [0.1, 0.15) is 12.8 Å². The van der Waals surface area contributed by atoms with E-state index in [9.17, 15) is 4.79 Å². The number of carbonyl (C=O) groups is 1. The summed E-state index contributed by atoms with van der Waals surface area (Å²) in [6, 6.07) is 5.39. The van der Waals surface area contributed by atoms with E-state index in [-0.39, 0.29) is 12.5 Å². The Labute approximate surface area is 120 Å². The van der Waals surface area contributed by atoms with Crippen molar-refractivity contribution in [3.8, 4) is 18.1 Å². The Morgan fingerprint density at radius 2 is 2.33 bits per heavy atom. The first-order valence-electron chi connectivity index (χ1n) is 5.41. The Bertz CT molecular complexity index is 457. The van der Waals surface area contributed by atoms with Crippen molar-refractivity contribution in [2.24, 2.45) is 0 Å². The standard InChI is InChI=1S/C13H13BrClNO2/c1-2-7-16-13(17)4-3-8-18-12-6-5-10(14)9-11(12)15/h1,5-6,9H,3-4,7-8H2,(H,16,17). The molecule has 0 atom stereocenters. The first kappa shape index (κ1) is 14.9. The van der Waals surface area contributed by atoms with E-state index >= 15 is 0 Å². The molecule has 0 aliphatic carbocycles. The predicted octanol–water partition coefficient (Wildman–Crippen LogP) is 3.01. The number of hydrogen-bond donors (Lipinski definition) is 1. The first-order valence-corrected chi connectivity index (χ1v) is 6.58. The molecule has 0 heterocycles. The summed E-state index contributed by atoms with van der Waals surface area (Å²) in [6.45, 7) is 0.697. The highest BCUT2D eigenvalue weighted by Gasteiger charge is 2.03. The molecule has 0 fully saturated rings. The number of hydrogen-bond acceptors (Lipinski definition) is 2. The van der Waals surface area contributed by atoms with Crippen molar-refractivity contribution < 1.29 is 9.53 Å². The van der Waals surface area contributed by atoms with Crippen molar-refractivity contribution in [3.05, 3.63) is 27.7 Å². The lowest BCUT2D eigenvalue weighted by molar-refractivity contribution is -0.121. The van der Waals surface area contributed by atoms with Crippen LogP contribution in [0.4, 0.5) is 0 Å². The van der Waals surface area contributed by atoms with E-state index in [2.05, 4.69) is 27.2 Å². The molecule has 3 nitrogen and oxygen atoms in total. The van der Waals surface area contributed by atoms with Crippen molar-refractivity contribution in [2.75, 3.05) is 13.2 Å². The maximum atomic E-state index is 11.2. The number of nitrogens with one attached hydrogen (secondary N) is 1. The molecule has 1 aromatic carbocycles. The molecule has 0 spiro atoms. The van der Waals surface area contributed by atoms with Gasteiger partial charge in [-0.15, -0.1) is 6.42 Å². The van der Waals surface area contributed by atoms with Crippen LogP contribution < -0.4 is 10.1 Å². The summed E-state index contributed by atoms with van der Waals surface area (Å²) in [6.07, 6.45) is 6.03. The second-order valence-corrected chi connectivity index (χ2v) is 4.83. The summed E-state index contributed by atoms with van der Waals surface area (Å²) in [7, 11) is 0. The zero-order chi connectivity index (χ0) is 13.4. The first-order chi connectivity index (χ1) is 8.63. The Balaban J connectivity index is 2.26. The van der Waals surface area contributed by atoms with Gasteiger partial charge >= 0.3 is 0 Å². The molecule has 0 unspecified atom stereocenters. The largest absolute Gasteiger partial charge is 0.492 e. The van der Waals surface area contributed by atoms with Crippen LogP contribution in [0.15, 0.2) is 22.7 Å². The van der Waals surface area contributed by atoms with Crippen LogP contribution in [0.25, 0.3) is 0 Å². The normalized spacial score (nSPS) is 9.61. The van der Waals surface area contributed by atoms with E-state index in [1.54, 1.807) is 12.1 Å². The van der Waals surface area contributed by atoms with Gasteiger partial charge in [-0.1, -0.05) is 33.5 Å². The van der Waals surface area contributed by atoms with Crippen LogP contribution in [0, 0.1) is 12.3 Å². The van der Waals surface area contributed by atoms with E-state index in [1.165, 1.54) is 0 Å². The van der Waals surface area contributed by atoms with Gasteiger partial charge in [0.15, 0.2) is 0 Å². The van der Waals surface area contributed by atoms with Gasteiger partial charge in [-0.25, -0.2) is 0 Å². The summed E-state index contributed by atoms with van der Waals surface area (Å²) in [5.74, 6) is 2.89. The molecule has 0 aromatic heterocycles. The van der Waals surface area contributed by atoms with Crippen molar-refractivity contribution in [2.45, 2.75) is 12.8 Å². The molecule has 0 saturated heterocycles. The zero-order valence-electron chi connectivity index (χ0n) is 9.71. The Hall–Kier alpha value is -1.18. The van der Waals surface area contributed by atoms with Crippen LogP contribution in [0.5, 0.6) is 5.75 Å². The SMILES string of the molecule is C#CCNC(=O)CCCOc1ccc(Br)cc1Cl. The van der Waals surface area contributed by atoms with Crippen LogP contribution >= 0.6 is 27.5 Å². The van der Waals surface area contributed by atoms with Crippen LogP contribution in [-0.4, -0.2) is 19.1 Å². The van der Waals surface area contributed by atoms with Gasteiger partial charge in [0, 0.05) is 10.9 Å². The maximum Gasteiger partial charge on any atom is 0.220 e. The quantitative estimate of drug-likeness (QED) is 0.643. The summed E-state index contributed by atoms with van der Waals surface area (Å²) in [4.78, 5) is 11.2. The maximum absolute atomic E-state index is 11.2. The Morgan fingerprint density at radius 1 is 1.56 bits per heavy atom. The van der Waals surface area contributed by atoms with E-state index < -0.39 is 0 Å². The number of carbonyl (C=O) groups excluding carboxylic acids is 1. The molecule has 1 N–H and O–H groups in total. The van der Waals surface area contributed by atoms with Crippen molar-refractivity contribution in [3.63, 3.8) is 0 Å². The van der Waals surface area contributed by atoms with E-state index in [1.807, 2.05) is 6.07 Å². The lowest BCUT2D eigenvalue weighted by Gasteiger charge is -2.08. The van der Waals surface area contributed by atoms with Gasteiger partial charge in [0.2, 0.25) is 5.91 Å². The van der Waals surface area contributed by atoms with Gasteiger partial charge in [0.05, 0.1) is 18.2 Å².